The maximum absolute atomic E-state index is 11.3. The summed E-state index contributed by atoms with van der Waals surface area (Å²) in [5.41, 5.74) is 0.685. The van der Waals surface area contributed by atoms with Crippen molar-refractivity contribution < 1.29 is 9.53 Å². The summed E-state index contributed by atoms with van der Waals surface area (Å²) in [5.74, 6) is -0.237. The Morgan fingerprint density at radius 3 is 2.05 bits per heavy atom. The molecule has 0 N–H and O–H groups in total. The summed E-state index contributed by atoms with van der Waals surface area (Å²) in [5, 5.41) is 0. The summed E-state index contributed by atoms with van der Waals surface area (Å²) >= 11 is 0. The molecule has 0 rings (SSSR count). The van der Waals surface area contributed by atoms with Gasteiger partial charge in [-0.05, 0) is 46.1 Å². The smallest absolute Gasteiger partial charge is 0.333 e. The van der Waals surface area contributed by atoms with Gasteiger partial charge in [0.05, 0.1) is 7.11 Å². The number of likely N-dealkylation sites (N-methyl/N-ethyl adjacent to an activating group) is 1. The third-order valence-corrected chi connectivity index (χ3v) is 3.45. The van der Waals surface area contributed by atoms with E-state index in [4.69, 9.17) is 0 Å². The van der Waals surface area contributed by atoms with Gasteiger partial charge in [-0.3, -0.25) is 4.90 Å². The highest BCUT2D eigenvalue weighted by Gasteiger charge is 2.06. The van der Waals surface area contributed by atoms with Crippen molar-refractivity contribution in [1.29, 1.82) is 0 Å². The lowest BCUT2D eigenvalue weighted by molar-refractivity contribution is -0.136. The van der Waals surface area contributed by atoms with Gasteiger partial charge in [-0.25, -0.2) is 4.79 Å². The van der Waals surface area contributed by atoms with Crippen LogP contribution >= 0.6 is 0 Å². The van der Waals surface area contributed by atoms with E-state index in [0.717, 1.165) is 39.3 Å². The average molecular weight is 270 g/mol. The van der Waals surface area contributed by atoms with E-state index >= 15 is 0 Å². The lowest BCUT2D eigenvalue weighted by atomic mass is 10.2. The van der Waals surface area contributed by atoms with Crippen LogP contribution in [0, 0.1) is 0 Å². The predicted octanol–water partition coefficient (Wildman–Crippen LogP) is 2.16. The van der Waals surface area contributed by atoms with Crippen LogP contribution in [0.2, 0.25) is 0 Å². The second-order valence-corrected chi connectivity index (χ2v) is 4.65. The molecule has 0 aliphatic rings. The van der Waals surface area contributed by atoms with Gasteiger partial charge in [0.15, 0.2) is 0 Å². The Hall–Kier alpha value is -0.870. The number of ether oxygens (including phenoxy) is 1. The fourth-order valence-corrected chi connectivity index (χ4v) is 1.95. The van der Waals surface area contributed by atoms with E-state index in [1.54, 1.807) is 6.92 Å². The van der Waals surface area contributed by atoms with Gasteiger partial charge in [0.2, 0.25) is 0 Å². The van der Waals surface area contributed by atoms with Gasteiger partial charge in [0.1, 0.15) is 0 Å². The molecule has 0 aromatic rings. The van der Waals surface area contributed by atoms with E-state index in [-0.39, 0.29) is 5.97 Å². The Kier molecular flexibility index (Phi) is 10.5. The molecule has 112 valence electrons. The highest BCUT2D eigenvalue weighted by atomic mass is 16.5. The molecule has 0 saturated heterocycles. The van der Waals surface area contributed by atoms with Crippen molar-refractivity contribution in [2.75, 3.05) is 46.4 Å². The topological polar surface area (TPSA) is 32.8 Å². The van der Waals surface area contributed by atoms with Crippen molar-refractivity contribution in [3.05, 3.63) is 11.6 Å². The maximum atomic E-state index is 11.3. The molecule has 4 heteroatoms. The van der Waals surface area contributed by atoms with Crippen molar-refractivity contribution in [3.63, 3.8) is 0 Å². The summed E-state index contributed by atoms with van der Waals surface area (Å²) in [4.78, 5) is 16.1. The van der Waals surface area contributed by atoms with Crippen LogP contribution in [0.15, 0.2) is 11.6 Å². The first-order chi connectivity index (χ1) is 9.08. The summed E-state index contributed by atoms with van der Waals surface area (Å²) in [6.07, 6.45) is 3.12. The van der Waals surface area contributed by atoms with Crippen LogP contribution in [0.4, 0.5) is 0 Å². The Balaban J connectivity index is 4.05. The highest BCUT2D eigenvalue weighted by Crippen LogP contribution is 2.00. The van der Waals surface area contributed by atoms with E-state index in [0.29, 0.717) is 5.57 Å². The lowest BCUT2D eigenvalue weighted by Crippen LogP contribution is -2.30. The number of carbonyl (C=O) groups is 1. The van der Waals surface area contributed by atoms with Crippen LogP contribution in [0.25, 0.3) is 0 Å². The molecular formula is C15H30N2O2. The van der Waals surface area contributed by atoms with Crippen molar-refractivity contribution in [1.82, 2.24) is 9.80 Å². The first kappa shape index (κ1) is 18.1. The number of hydrogen-bond donors (Lipinski definition) is 0. The Morgan fingerprint density at radius 2 is 1.58 bits per heavy atom. The Bertz CT molecular complexity index is 273. The van der Waals surface area contributed by atoms with Crippen LogP contribution in [0.3, 0.4) is 0 Å². The molecule has 19 heavy (non-hydrogen) atoms. The Labute approximate surface area is 118 Å². The zero-order valence-corrected chi connectivity index (χ0v) is 13.2. The normalized spacial score (nSPS) is 12.3. The molecular weight excluding hydrogens is 240 g/mol. The standard InChI is InChI=1S/C15H30N2O2/c1-6-16(7-2)11-9-12-17(8-3)13-10-14(4)15(18)19-5/h10H,6-9,11-13H2,1-5H3/b14-10-. The second kappa shape index (κ2) is 11.0. The fourth-order valence-electron chi connectivity index (χ4n) is 1.95. The second-order valence-electron chi connectivity index (χ2n) is 4.65. The quantitative estimate of drug-likeness (QED) is 0.450. The number of hydrogen-bond acceptors (Lipinski definition) is 4. The molecule has 0 amide bonds. The molecule has 0 spiro atoms. The molecule has 0 unspecified atom stereocenters. The molecule has 0 fully saturated rings. The zero-order chi connectivity index (χ0) is 14.7. The summed E-state index contributed by atoms with van der Waals surface area (Å²) in [6.45, 7) is 14.6. The zero-order valence-electron chi connectivity index (χ0n) is 13.2. The first-order valence-corrected chi connectivity index (χ1v) is 7.28. The molecule has 0 saturated carbocycles. The third-order valence-electron chi connectivity index (χ3n) is 3.45. The molecule has 0 heterocycles. The highest BCUT2D eigenvalue weighted by molar-refractivity contribution is 5.87. The van der Waals surface area contributed by atoms with Gasteiger partial charge < -0.3 is 9.64 Å². The maximum Gasteiger partial charge on any atom is 0.333 e. The molecule has 0 aromatic heterocycles. The Morgan fingerprint density at radius 1 is 1.05 bits per heavy atom. The van der Waals surface area contributed by atoms with Crippen LogP contribution in [0.5, 0.6) is 0 Å². The van der Waals surface area contributed by atoms with Gasteiger partial charge in [-0.2, -0.15) is 0 Å². The van der Waals surface area contributed by atoms with Crippen molar-refractivity contribution in [2.24, 2.45) is 0 Å². The molecule has 0 atom stereocenters. The number of nitrogens with zero attached hydrogens (tertiary/aromatic N) is 2. The van der Waals surface area contributed by atoms with Gasteiger partial charge >= 0.3 is 5.97 Å². The van der Waals surface area contributed by atoms with Gasteiger partial charge in [-0.15, -0.1) is 0 Å². The third kappa shape index (κ3) is 8.01. The summed E-state index contributed by atoms with van der Waals surface area (Å²) in [6, 6.07) is 0. The van der Waals surface area contributed by atoms with Crippen molar-refractivity contribution >= 4 is 5.97 Å². The van der Waals surface area contributed by atoms with E-state index in [1.807, 2.05) is 6.08 Å². The van der Waals surface area contributed by atoms with Crippen LogP contribution < -0.4 is 0 Å². The van der Waals surface area contributed by atoms with Crippen LogP contribution in [-0.2, 0) is 9.53 Å². The molecule has 0 radical (unpaired) electrons. The number of methoxy groups -OCH3 is 1. The number of esters is 1. The van der Waals surface area contributed by atoms with E-state index < -0.39 is 0 Å². The average Bonchev–Trinajstić information content (AvgIpc) is 2.45. The number of rotatable bonds is 10. The van der Waals surface area contributed by atoms with E-state index in [2.05, 4.69) is 35.3 Å². The SMILES string of the molecule is CCN(CC)CCCN(CC)C/C=C(/C)C(=O)OC. The molecule has 4 nitrogen and oxygen atoms in total. The largest absolute Gasteiger partial charge is 0.466 e. The van der Waals surface area contributed by atoms with Gasteiger partial charge in [0.25, 0.3) is 0 Å². The first-order valence-electron chi connectivity index (χ1n) is 7.28. The molecule has 0 aliphatic carbocycles. The van der Waals surface area contributed by atoms with Crippen LogP contribution in [0.1, 0.15) is 34.1 Å². The predicted molar refractivity (Wildman–Crippen MR) is 80.3 cm³/mol. The van der Waals surface area contributed by atoms with Crippen molar-refractivity contribution in [3.8, 4) is 0 Å². The summed E-state index contributed by atoms with van der Waals surface area (Å²) in [7, 11) is 1.42. The van der Waals surface area contributed by atoms with Gasteiger partial charge in [-0.1, -0.05) is 26.8 Å². The van der Waals surface area contributed by atoms with E-state index in [1.165, 1.54) is 13.5 Å². The van der Waals surface area contributed by atoms with Gasteiger partial charge in [0, 0.05) is 12.1 Å². The minimum Gasteiger partial charge on any atom is -0.466 e. The minimum absolute atomic E-state index is 0.237. The molecule has 0 aliphatic heterocycles. The van der Waals surface area contributed by atoms with E-state index in [9.17, 15) is 4.79 Å². The molecule has 0 aromatic carbocycles. The molecule has 0 bridgehead atoms. The monoisotopic (exact) mass is 270 g/mol. The fraction of sp³-hybridized carbons (Fsp3) is 0.800. The number of carbonyl (C=O) groups excluding carboxylic acids is 1. The minimum atomic E-state index is -0.237. The summed E-state index contributed by atoms with van der Waals surface area (Å²) < 4.78 is 4.69. The van der Waals surface area contributed by atoms with Crippen LogP contribution in [-0.4, -0.2) is 62.1 Å². The lowest BCUT2D eigenvalue weighted by Gasteiger charge is -2.22. The van der Waals surface area contributed by atoms with Crippen molar-refractivity contribution in [2.45, 2.75) is 34.1 Å².